The summed E-state index contributed by atoms with van der Waals surface area (Å²) in [5, 5.41) is 0. The normalized spacial score (nSPS) is 29.7. The topological polar surface area (TPSA) is 72.6 Å². The van der Waals surface area contributed by atoms with Crippen LogP contribution in [0.5, 0.6) is 0 Å². The van der Waals surface area contributed by atoms with Crippen molar-refractivity contribution < 1.29 is 13.2 Å². The molecule has 0 bridgehead atoms. The maximum absolute atomic E-state index is 12.3. The summed E-state index contributed by atoms with van der Waals surface area (Å²) < 4.78 is 31.8. The van der Waals surface area contributed by atoms with Gasteiger partial charge < -0.3 is 10.5 Å². The summed E-state index contributed by atoms with van der Waals surface area (Å²) in [6.07, 6.45) is 4.85. The number of ether oxygens (including phenoxy) is 1. The van der Waals surface area contributed by atoms with Gasteiger partial charge in [-0.15, -0.1) is 12.4 Å². The molecule has 2 atom stereocenters. The van der Waals surface area contributed by atoms with Gasteiger partial charge in [0, 0.05) is 19.7 Å². The Morgan fingerprint density at radius 1 is 1.21 bits per heavy atom. The van der Waals surface area contributed by atoms with Crippen LogP contribution in [-0.2, 0) is 14.8 Å². The van der Waals surface area contributed by atoms with Crippen LogP contribution < -0.4 is 5.73 Å². The van der Waals surface area contributed by atoms with Crippen LogP contribution in [0.1, 0.15) is 32.1 Å². The number of hydrogen-bond acceptors (Lipinski definition) is 4. The summed E-state index contributed by atoms with van der Waals surface area (Å²) in [4.78, 5) is 0. The maximum atomic E-state index is 12.3. The van der Waals surface area contributed by atoms with E-state index in [-0.39, 0.29) is 24.3 Å². The zero-order valence-corrected chi connectivity index (χ0v) is 12.9. The molecule has 2 aliphatic rings. The first kappa shape index (κ1) is 17.2. The minimum atomic E-state index is -3.17. The minimum absolute atomic E-state index is 0. The number of nitrogens with two attached hydrogens (primary N) is 1. The van der Waals surface area contributed by atoms with Crippen LogP contribution in [0.3, 0.4) is 0 Å². The van der Waals surface area contributed by atoms with Gasteiger partial charge in [-0.05, 0) is 44.6 Å². The highest BCUT2D eigenvalue weighted by Crippen LogP contribution is 2.21. The molecule has 7 heteroatoms. The molecule has 2 rings (SSSR count). The van der Waals surface area contributed by atoms with Crippen LogP contribution in [0.2, 0.25) is 0 Å². The molecule has 0 radical (unpaired) electrons. The van der Waals surface area contributed by atoms with Crippen molar-refractivity contribution in [2.75, 3.05) is 32.0 Å². The highest BCUT2D eigenvalue weighted by molar-refractivity contribution is 7.89. The van der Waals surface area contributed by atoms with Crippen molar-refractivity contribution in [2.24, 2.45) is 11.7 Å². The molecule has 114 valence electrons. The lowest BCUT2D eigenvalue weighted by molar-refractivity contribution is 0.0297. The minimum Gasteiger partial charge on any atom is -0.377 e. The van der Waals surface area contributed by atoms with Gasteiger partial charge in [-0.25, -0.2) is 12.7 Å². The van der Waals surface area contributed by atoms with Gasteiger partial charge in [-0.1, -0.05) is 0 Å². The monoisotopic (exact) mass is 312 g/mol. The Morgan fingerprint density at radius 3 is 2.63 bits per heavy atom. The number of hydrogen-bond donors (Lipinski definition) is 1. The van der Waals surface area contributed by atoms with Crippen molar-refractivity contribution in [2.45, 2.75) is 38.2 Å². The summed E-state index contributed by atoms with van der Waals surface area (Å²) >= 11 is 0. The van der Waals surface area contributed by atoms with E-state index in [0.717, 1.165) is 32.1 Å². The van der Waals surface area contributed by atoms with E-state index in [4.69, 9.17) is 10.5 Å². The Bertz CT molecular complexity index is 358. The van der Waals surface area contributed by atoms with Gasteiger partial charge in [0.15, 0.2) is 0 Å². The van der Waals surface area contributed by atoms with E-state index in [2.05, 4.69) is 0 Å². The van der Waals surface area contributed by atoms with Crippen LogP contribution in [0.25, 0.3) is 0 Å². The first-order valence-electron chi connectivity index (χ1n) is 6.91. The number of piperidine rings is 1. The predicted octanol–water partition coefficient (Wildman–Crippen LogP) is 0.978. The summed E-state index contributed by atoms with van der Waals surface area (Å²) in [6.45, 7) is 2.51. The Labute approximate surface area is 122 Å². The summed E-state index contributed by atoms with van der Waals surface area (Å²) in [5.74, 6) is 0.463. The van der Waals surface area contributed by atoms with E-state index >= 15 is 0 Å². The molecule has 2 fully saturated rings. The van der Waals surface area contributed by atoms with E-state index in [1.54, 1.807) is 4.31 Å². The standard InChI is InChI=1S/C12H24N2O3S.ClH/c13-8-11-4-3-6-14(9-11)18(15,16)10-12-5-1-2-7-17-12;/h11-12H,1-10,13H2;1H. The summed E-state index contributed by atoms with van der Waals surface area (Å²) in [5.41, 5.74) is 5.65. The average Bonchev–Trinajstić information content (AvgIpc) is 2.39. The molecule has 0 aliphatic carbocycles. The van der Waals surface area contributed by atoms with Crippen LogP contribution in [0, 0.1) is 5.92 Å². The Balaban J connectivity index is 0.00000180. The lowest BCUT2D eigenvalue weighted by atomic mass is 10.0. The lowest BCUT2D eigenvalue weighted by Gasteiger charge is -2.33. The van der Waals surface area contributed by atoms with Crippen LogP contribution >= 0.6 is 12.4 Å². The van der Waals surface area contributed by atoms with Gasteiger partial charge in [0.05, 0.1) is 11.9 Å². The van der Waals surface area contributed by atoms with Gasteiger partial charge in [-0.3, -0.25) is 0 Å². The first-order valence-corrected chi connectivity index (χ1v) is 8.52. The first-order chi connectivity index (χ1) is 8.62. The molecule has 2 heterocycles. The Kier molecular flexibility index (Phi) is 7.04. The third kappa shape index (κ3) is 4.86. The molecular weight excluding hydrogens is 288 g/mol. The Hall–Kier alpha value is 0.120. The molecule has 0 amide bonds. The molecule has 0 spiro atoms. The highest BCUT2D eigenvalue weighted by Gasteiger charge is 2.31. The fourth-order valence-electron chi connectivity index (χ4n) is 2.75. The molecule has 2 N–H and O–H groups in total. The fourth-order valence-corrected chi connectivity index (χ4v) is 4.54. The fraction of sp³-hybridized carbons (Fsp3) is 1.00. The van der Waals surface area contributed by atoms with E-state index in [0.29, 0.717) is 32.2 Å². The van der Waals surface area contributed by atoms with E-state index < -0.39 is 10.0 Å². The third-order valence-corrected chi connectivity index (χ3v) is 5.79. The van der Waals surface area contributed by atoms with Gasteiger partial charge in [0.25, 0.3) is 0 Å². The van der Waals surface area contributed by atoms with Crippen molar-refractivity contribution in [3.63, 3.8) is 0 Å². The number of rotatable bonds is 4. The van der Waals surface area contributed by atoms with Crippen LogP contribution in [0.4, 0.5) is 0 Å². The SMILES string of the molecule is Cl.NCC1CCCN(S(=O)(=O)CC2CCCCO2)C1. The quantitative estimate of drug-likeness (QED) is 0.840. The van der Waals surface area contributed by atoms with Crippen molar-refractivity contribution in [3.05, 3.63) is 0 Å². The molecule has 2 aliphatic heterocycles. The Morgan fingerprint density at radius 2 is 2.00 bits per heavy atom. The molecule has 5 nitrogen and oxygen atoms in total. The molecule has 2 unspecified atom stereocenters. The molecule has 0 aromatic heterocycles. The van der Waals surface area contributed by atoms with Gasteiger partial charge >= 0.3 is 0 Å². The van der Waals surface area contributed by atoms with Gasteiger partial charge in [0.1, 0.15) is 0 Å². The lowest BCUT2D eigenvalue weighted by Crippen LogP contribution is -2.45. The largest absolute Gasteiger partial charge is 0.377 e. The van der Waals surface area contributed by atoms with Gasteiger partial charge in [0.2, 0.25) is 10.0 Å². The molecule has 0 aromatic rings. The second-order valence-corrected chi connectivity index (χ2v) is 7.38. The molecule has 0 aromatic carbocycles. The van der Waals surface area contributed by atoms with Crippen molar-refractivity contribution in [3.8, 4) is 0 Å². The summed E-state index contributed by atoms with van der Waals surface area (Å²) in [6, 6.07) is 0. The number of sulfonamides is 1. The summed E-state index contributed by atoms with van der Waals surface area (Å²) in [7, 11) is -3.17. The van der Waals surface area contributed by atoms with E-state index in [1.807, 2.05) is 0 Å². The number of halogens is 1. The number of nitrogens with zero attached hydrogens (tertiary/aromatic N) is 1. The zero-order chi connectivity index (χ0) is 13.0. The van der Waals surface area contributed by atoms with Crippen molar-refractivity contribution in [1.82, 2.24) is 4.31 Å². The average molecular weight is 313 g/mol. The van der Waals surface area contributed by atoms with Crippen molar-refractivity contribution in [1.29, 1.82) is 0 Å². The molecule has 2 saturated heterocycles. The maximum Gasteiger partial charge on any atom is 0.216 e. The second kappa shape index (κ2) is 7.78. The third-order valence-electron chi connectivity index (χ3n) is 3.88. The molecule has 0 saturated carbocycles. The van der Waals surface area contributed by atoms with Gasteiger partial charge in [-0.2, -0.15) is 0 Å². The smallest absolute Gasteiger partial charge is 0.216 e. The van der Waals surface area contributed by atoms with Crippen LogP contribution in [-0.4, -0.2) is 50.8 Å². The predicted molar refractivity (Wildman–Crippen MR) is 78.0 cm³/mol. The van der Waals surface area contributed by atoms with E-state index in [9.17, 15) is 8.42 Å². The molecule has 19 heavy (non-hydrogen) atoms. The van der Waals surface area contributed by atoms with Crippen LogP contribution in [0.15, 0.2) is 0 Å². The van der Waals surface area contributed by atoms with E-state index in [1.165, 1.54) is 0 Å². The highest BCUT2D eigenvalue weighted by atomic mass is 35.5. The van der Waals surface area contributed by atoms with Crippen molar-refractivity contribution >= 4 is 22.4 Å². The second-order valence-electron chi connectivity index (χ2n) is 5.37. The molecular formula is C12H25ClN2O3S. The zero-order valence-electron chi connectivity index (χ0n) is 11.3.